The third kappa shape index (κ3) is 4.24. The largest absolute Gasteiger partial charge is 0.417 e. The van der Waals surface area contributed by atoms with Gasteiger partial charge in [-0.2, -0.15) is 13.2 Å². The number of nitrogens with one attached hydrogen (secondary N) is 1. The maximum absolute atomic E-state index is 13.7. The minimum atomic E-state index is -4.79. The Morgan fingerprint density at radius 1 is 1.18 bits per heavy atom. The summed E-state index contributed by atoms with van der Waals surface area (Å²) in [7, 11) is 0. The van der Waals surface area contributed by atoms with E-state index in [2.05, 4.69) is 20.5 Å². The number of benzene rings is 1. The van der Waals surface area contributed by atoms with Crippen LogP contribution in [0.1, 0.15) is 40.3 Å². The standard InChI is InChI=1S/C21H20F4N6O2/c1-3-26-19(32)16-9-15-18(29-28-16)31-7-6-30(10-17(31)11(2)27-15)20(33)13-8-12(22)4-5-14(13)21(23,24)25/h4-5,8-9,17H,3,6-7,10H2,1-2H3,(H,26,32). The van der Waals surface area contributed by atoms with E-state index in [0.29, 0.717) is 42.0 Å². The lowest BCUT2D eigenvalue weighted by Crippen LogP contribution is -2.58. The van der Waals surface area contributed by atoms with E-state index in [1.807, 2.05) is 4.90 Å². The summed E-state index contributed by atoms with van der Waals surface area (Å²) in [5.41, 5.74) is -0.743. The van der Waals surface area contributed by atoms with Gasteiger partial charge < -0.3 is 15.1 Å². The molecule has 1 saturated heterocycles. The van der Waals surface area contributed by atoms with Gasteiger partial charge in [-0.15, -0.1) is 10.2 Å². The van der Waals surface area contributed by atoms with Gasteiger partial charge in [-0.25, -0.2) is 4.39 Å². The molecule has 8 nitrogen and oxygen atoms in total. The SMILES string of the molecule is CCNC(=O)c1cc2c(nn1)N1CCN(C(=O)c3cc(F)ccc3C(F)(F)F)CC1C(C)=N2. The zero-order chi connectivity index (χ0) is 23.9. The second-order valence-corrected chi connectivity index (χ2v) is 7.70. The molecule has 2 aliphatic heterocycles. The average Bonchev–Trinajstić information content (AvgIpc) is 2.77. The summed E-state index contributed by atoms with van der Waals surface area (Å²) in [4.78, 5) is 32.6. The number of rotatable bonds is 3. The quantitative estimate of drug-likeness (QED) is 0.706. The molecular formula is C21H20F4N6O2. The summed E-state index contributed by atoms with van der Waals surface area (Å²) in [6, 6.07) is 2.95. The summed E-state index contributed by atoms with van der Waals surface area (Å²) in [6.45, 7) is 4.32. The van der Waals surface area contributed by atoms with Gasteiger partial charge in [-0.05, 0) is 32.0 Å². The first-order valence-electron chi connectivity index (χ1n) is 10.2. The molecule has 174 valence electrons. The van der Waals surface area contributed by atoms with Crippen LogP contribution in [-0.2, 0) is 6.18 Å². The molecule has 12 heteroatoms. The summed E-state index contributed by atoms with van der Waals surface area (Å²) in [5.74, 6) is -1.79. The predicted octanol–water partition coefficient (Wildman–Crippen LogP) is 2.82. The molecule has 0 aliphatic carbocycles. The second kappa shape index (κ2) is 8.41. The fourth-order valence-electron chi connectivity index (χ4n) is 3.98. The molecule has 33 heavy (non-hydrogen) atoms. The molecule has 0 radical (unpaired) electrons. The zero-order valence-corrected chi connectivity index (χ0v) is 17.8. The number of fused-ring (bicyclic) bond motifs is 3. The predicted molar refractivity (Wildman–Crippen MR) is 111 cm³/mol. The Bertz CT molecular complexity index is 1150. The van der Waals surface area contributed by atoms with Gasteiger partial charge in [-0.1, -0.05) is 0 Å². The highest BCUT2D eigenvalue weighted by Crippen LogP contribution is 2.36. The summed E-state index contributed by atoms with van der Waals surface area (Å²) in [5, 5.41) is 10.7. The maximum Gasteiger partial charge on any atom is 0.417 e. The summed E-state index contributed by atoms with van der Waals surface area (Å²) in [6.07, 6.45) is -4.79. The minimum absolute atomic E-state index is 0.0428. The number of hydrogen-bond acceptors (Lipinski definition) is 6. The number of amides is 2. The first-order chi connectivity index (χ1) is 15.6. The van der Waals surface area contributed by atoms with Crippen molar-refractivity contribution in [3.63, 3.8) is 0 Å². The van der Waals surface area contributed by atoms with E-state index >= 15 is 0 Å². The Labute approximate surface area is 186 Å². The molecule has 1 atom stereocenters. The van der Waals surface area contributed by atoms with E-state index in [1.54, 1.807) is 13.8 Å². The van der Waals surface area contributed by atoms with Crippen molar-refractivity contribution in [3.05, 3.63) is 46.9 Å². The first-order valence-corrected chi connectivity index (χ1v) is 10.2. The van der Waals surface area contributed by atoms with Crippen LogP contribution < -0.4 is 10.2 Å². The first kappa shape index (κ1) is 22.6. The third-order valence-corrected chi connectivity index (χ3v) is 5.56. The molecular weight excluding hydrogens is 444 g/mol. The Balaban J connectivity index is 1.60. The van der Waals surface area contributed by atoms with Crippen LogP contribution in [0.15, 0.2) is 29.3 Å². The highest BCUT2D eigenvalue weighted by atomic mass is 19.4. The highest BCUT2D eigenvalue weighted by Gasteiger charge is 2.40. The second-order valence-electron chi connectivity index (χ2n) is 7.70. The molecule has 1 aromatic heterocycles. The molecule has 2 aromatic rings. The van der Waals surface area contributed by atoms with Crippen LogP contribution >= 0.6 is 0 Å². The van der Waals surface area contributed by atoms with Crippen molar-refractivity contribution >= 4 is 29.0 Å². The van der Waals surface area contributed by atoms with Gasteiger partial charge in [0.05, 0.1) is 17.2 Å². The molecule has 1 unspecified atom stereocenters. The number of halogens is 4. The molecule has 1 fully saturated rings. The van der Waals surface area contributed by atoms with E-state index < -0.39 is 35.1 Å². The number of aromatic nitrogens is 2. The normalized spacial score (nSPS) is 17.8. The number of hydrogen-bond donors (Lipinski definition) is 1. The van der Waals surface area contributed by atoms with Crippen LogP contribution in [0, 0.1) is 5.82 Å². The molecule has 1 aromatic carbocycles. The van der Waals surface area contributed by atoms with E-state index in [0.717, 1.165) is 0 Å². The molecule has 3 heterocycles. The molecule has 4 rings (SSSR count). The lowest BCUT2D eigenvalue weighted by molar-refractivity contribution is -0.138. The summed E-state index contributed by atoms with van der Waals surface area (Å²) >= 11 is 0. The van der Waals surface area contributed by atoms with Gasteiger partial charge in [0.15, 0.2) is 11.5 Å². The van der Waals surface area contributed by atoms with Gasteiger partial charge in [0.25, 0.3) is 11.8 Å². The lowest BCUT2D eigenvalue weighted by atomic mass is 10.0. The lowest BCUT2D eigenvalue weighted by Gasteiger charge is -2.44. The van der Waals surface area contributed by atoms with Crippen LogP contribution in [0.3, 0.4) is 0 Å². The number of aliphatic imine (C=N–C) groups is 1. The Morgan fingerprint density at radius 3 is 2.64 bits per heavy atom. The van der Waals surface area contributed by atoms with Gasteiger partial charge in [-0.3, -0.25) is 14.6 Å². The van der Waals surface area contributed by atoms with Crippen LogP contribution in [0.2, 0.25) is 0 Å². The van der Waals surface area contributed by atoms with Gasteiger partial charge in [0.2, 0.25) is 0 Å². The zero-order valence-electron chi connectivity index (χ0n) is 17.8. The van der Waals surface area contributed by atoms with Crippen molar-refractivity contribution in [3.8, 4) is 0 Å². The van der Waals surface area contributed by atoms with E-state index in [1.165, 1.54) is 11.0 Å². The molecule has 2 amide bonds. The van der Waals surface area contributed by atoms with Crippen LogP contribution in [0.5, 0.6) is 0 Å². The molecule has 2 aliphatic rings. The maximum atomic E-state index is 13.7. The van der Waals surface area contributed by atoms with Crippen molar-refractivity contribution in [2.24, 2.45) is 4.99 Å². The monoisotopic (exact) mass is 464 g/mol. The van der Waals surface area contributed by atoms with Crippen molar-refractivity contribution in [2.75, 3.05) is 31.1 Å². The topological polar surface area (TPSA) is 90.8 Å². The van der Waals surface area contributed by atoms with Gasteiger partial charge in [0, 0.05) is 38.0 Å². The average molecular weight is 464 g/mol. The van der Waals surface area contributed by atoms with Crippen molar-refractivity contribution in [1.82, 2.24) is 20.4 Å². The van der Waals surface area contributed by atoms with Crippen molar-refractivity contribution < 1.29 is 27.2 Å². The fraction of sp³-hybridized carbons (Fsp3) is 0.381. The van der Waals surface area contributed by atoms with Crippen LogP contribution in [-0.4, -0.2) is 64.8 Å². The number of alkyl halides is 3. The Kier molecular flexibility index (Phi) is 5.76. The van der Waals surface area contributed by atoms with Crippen LogP contribution in [0.25, 0.3) is 0 Å². The minimum Gasteiger partial charge on any atom is -0.351 e. The summed E-state index contributed by atoms with van der Waals surface area (Å²) < 4.78 is 53.8. The number of nitrogens with zero attached hydrogens (tertiary/aromatic N) is 5. The number of piperazine rings is 1. The van der Waals surface area contributed by atoms with Crippen LogP contribution in [0.4, 0.5) is 29.1 Å². The van der Waals surface area contributed by atoms with Crippen molar-refractivity contribution in [1.29, 1.82) is 0 Å². The molecule has 0 bridgehead atoms. The molecule has 0 spiro atoms. The van der Waals surface area contributed by atoms with Gasteiger partial charge >= 0.3 is 6.18 Å². The van der Waals surface area contributed by atoms with Gasteiger partial charge in [0.1, 0.15) is 11.5 Å². The molecule has 1 N–H and O–H groups in total. The smallest absolute Gasteiger partial charge is 0.351 e. The number of carbonyl (C=O) groups is 2. The van der Waals surface area contributed by atoms with Crippen molar-refractivity contribution in [2.45, 2.75) is 26.1 Å². The number of carbonyl (C=O) groups excluding carboxylic acids is 2. The highest BCUT2D eigenvalue weighted by molar-refractivity contribution is 6.01. The third-order valence-electron chi connectivity index (χ3n) is 5.56. The van der Waals surface area contributed by atoms with E-state index in [9.17, 15) is 27.2 Å². The Morgan fingerprint density at radius 2 is 1.94 bits per heavy atom. The number of anilines is 1. The van der Waals surface area contributed by atoms with E-state index in [4.69, 9.17) is 0 Å². The Hall–Kier alpha value is -3.57. The fourth-order valence-corrected chi connectivity index (χ4v) is 3.98. The molecule has 0 saturated carbocycles. The van der Waals surface area contributed by atoms with E-state index in [-0.39, 0.29) is 31.2 Å².